The number of rotatable bonds is 0. The van der Waals surface area contributed by atoms with E-state index in [4.69, 9.17) is 0 Å². The summed E-state index contributed by atoms with van der Waals surface area (Å²) in [5.74, 6) is 0. The van der Waals surface area contributed by atoms with Gasteiger partial charge in [-0.15, -0.1) is 0 Å². The molecule has 1 aliphatic carbocycles. The van der Waals surface area contributed by atoms with Crippen LogP contribution in [0.1, 0.15) is 27.2 Å². The summed E-state index contributed by atoms with van der Waals surface area (Å²) >= 11 is 0. The molecule has 0 amide bonds. The van der Waals surface area contributed by atoms with Crippen LogP contribution in [-0.4, -0.2) is 0 Å². The van der Waals surface area contributed by atoms with Crippen molar-refractivity contribution in [2.45, 2.75) is 27.2 Å². The summed E-state index contributed by atoms with van der Waals surface area (Å²) in [5, 5.41) is 0. The van der Waals surface area contributed by atoms with Gasteiger partial charge >= 0.3 is 21.1 Å². The predicted molar refractivity (Wildman–Crippen MR) is 49.6 cm³/mol. The second-order valence-corrected chi connectivity index (χ2v) is 1.65. The number of hydrogen-bond acceptors (Lipinski definition) is 0. The second-order valence-electron chi connectivity index (χ2n) is 1.65. The van der Waals surface area contributed by atoms with Crippen molar-refractivity contribution in [1.82, 2.24) is 0 Å². The van der Waals surface area contributed by atoms with E-state index in [1.165, 1.54) is 12.0 Å². The third-order valence-electron chi connectivity index (χ3n) is 0.957. The molecule has 0 bridgehead atoms. The fraction of sp³-hybridized carbons (Fsp3) is 0.400. The van der Waals surface area contributed by atoms with Crippen LogP contribution in [-0.2, 0) is 21.1 Å². The van der Waals surface area contributed by atoms with E-state index in [9.17, 15) is 0 Å². The molecule has 1 rings (SSSR count). The number of hydrogen-bond donors (Lipinski definition) is 0. The van der Waals surface area contributed by atoms with Gasteiger partial charge in [-0.1, -0.05) is 23.8 Å². The largest absolute Gasteiger partial charge is 2.00 e. The van der Waals surface area contributed by atoms with E-state index in [0.717, 1.165) is 0 Å². The summed E-state index contributed by atoms with van der Waals surface area (Å²) in [6.45, 7) is 12.1. The van der Waals surface area contributed by atoms with Crippen molar-refractivity contribution < 1.29 is 21.1 Å². The molecular weight excluding hydrogens is 315 g/mol. The van der Waals surface area contributed by atoms with Gasteiger partial charge in [0, 0.05) is 0 Å². The van der Waals surface area contributed by atoms with Crippen LogP contribution in [0, 0.1) is 13.8 Å². The van der Waals surface area contributed by atoms with Crippen molar-refractivity contribution in [2.75, 3.05) is 0 Å². The van der Waals surface area contributed by atoms with Crippen LogP contribution in [0.5, 0.6) is 0 Å². The molecule has 0 saturated heterocycles. The standard InChI is InChI=1S/C6H8.2C2H5.Pt/c1-6-4-2-3-5-6;2*1-2;/h2-4H,5H2,1H3;2*1H2,2H3;/q;2*-1;+2. The zero-order chi connectivity index (χ0) is 8.41. The molecule has 1 heteroatoms. The predicted octanol–water partition coefficient (Wildman–Crippen LogP) is 3.57. The van der Waals surface area contributed by atoms with Gasteiger partial charge in [0.2, 0.25) is 0 Å². The first-order chi connectivity index (χ1) is 4.89. The van der Waals surface area contributed by atoms with Crippen LogP contribution in [0.2, 0.25) is 0 Å². The molecule has 0 atom stereocenters. The van der Waals surface area contributed by atoms with Gasteiger partial charge < -0.3 is 13.8 Å². The van der Waals surface area contributed by atoms with Gasteiger partial charge in [0.25, 0.3) is 0 Å². The first-order valence-corrected chi connectivity index (χ1v) is 3.63. The monoisotopic (exact) mass is 333 g/mol. The topological polar surface area (TPSA) is 0 Å². The van der Waals surface area contributed by atoms with Crippen LogP contribution in [0.4, 0.5) is 0 Å². The zero-order valence-corrected chi connectivity index (χ0v) is 9.94. The third-order valence-corrected chi connectivity index (χ3v) is 0.957. The van der Waals surface area contributed by atoms with Crippen LogP contribution in [0.3, 0.4) is 0 Å². The molecule has 0 fully saturated rings. The summed E-state index contributed by atoms with van der Waals surface area (Å²) in [6, 6.07) is 0. The van der Waals surface area contributed by atoms with Gasteiger partial charge in [0.1, 0.15) is 0 Å². The molecule has 11 heavy (non-hydrogen) atoms. The van der Waals surface area contributed by atoms with Gasteiger partial charge in [0.15, 0.2) is 0 Å². The molecule has 1 aliphatic rings. The van der Waals surface area contributed by atoms with E-state index >= 15 is 0 Å². The van der Waals surface area contributed by atoms with E-state index in [1.807, 2.05) is 0 Å². The molecule has 0 aromatic rings. The Morgan fingerprint density at radius 1 is 1.18 bits per heavy atom. The number of allylic oxidation sites excluding steroid dienone is 4. The van der Waals surface area contributed by atoms with E-state index in [-0.39, 0.29) is 21.1 Å². The molecule has 0 radical (unpaired) electrons. The van der Waals surface area contributed by atoms with Gasteiger partial charge in [-0.3, -0.25) is 0 Å². The normalized spacial score (nSPS) is 11.2. The Bertz CT molecular complexity index is 101. The zero-order valence-electron chi connectivity index (χ0n) is 7.67. The fourth-order valence-electron chi connectivity index (χ4n) is 0.554. The summed E-state index contributed by atoms with van der Waals surface area (Å²) in [5.41, 5.74) is 1.47. The van der Waals surface area contributed by atoms with Gasteiger partial charge in [0.05, 0.1) is 0 Å². The van der Waals surface area contributed by atoms with E-state index < -0.39 is 0 Å². The molecule has 0 unspecified atom stereocenters. The molecule has 0 saturated carbocycles. The molecule has 0 spiro atoms. The molecule has 0 aromatic carbocycles. The van der Waals surface area contributed by atoms with E-state index in [0.29, 0.717) is 0 Å². The van der Waals surface area contributed by atoms with Crippen molar-refractivity contribution in [3.8, 4) is 0 Å². The summed E-state index contributed by atoms with van der Waals surface area (Å²) < 4.78 is 0. The summed E-state index contributed by atoms with van der Waals surface area (Å²) in [7, 11) is 0. The maximum absolute atomic E-state index is 3.25. The summed E-state index contributed by atoms with van der Waals surface area (Å²) in [4.78, 5) is 0. The van der Waals surface area contributed by atoms with Crippen molar-refractivity contribution in [3.63, 3.8) is 0 Å². The average Bonchev–Trinajstić information content (AvgIpc) is 2.48. The molecule has 0 aliphatic heterocycles. The van der Waals surface area contributed by atoms with Crippen LogP contribution >= 0.6 is 0 Å². The second kappa shape index (κ2) is 16.6. The Morgan fingerprint density at radius 2 is 1.64 bits per heavy atom. The summed E-state index contributed by atoms with van der Waals surface area (Å²) in [6.07, 6.45) is 7.56. The van der Waals surface area contributed by atoms with Crippen LogP contribution in [0.25, 0.3) is 0 Å². The quantitative estimate of drug-likeness (QED) is 0.595. The first kappa shape index (κ1) is 17.3. The third kappa shape index (κ3) is 13.2. The Balaban J connectivity index is -0.000000114. The maximum atomic E-state index is 3.25. The average molecular weight is 333 g/mol. The van der Waals surface area contributed by atoms with Crippen molar-refractivity contribution in [1.29, 1.82) is 0 Å². The van der Waals surface area contributed by atoms with Crippen molar-refractivity contribution in [2.24, 2.45) is 0 Å². The molecular formula is C10H18Pt. The Hall–Kier alpha value is 0.168. The van der Waals surface area contributed by atoms with Gasteiger partial charge in [-0.2, -0.15) is 13.8 Å². The molecule has 0 aromatic heterocycles. The van der Waals surface area contributed by atoms with E-state index in [2.05, 4.69) is 39.0 Å². The molecule has 0 nitrogen and oxygen atoms in total. The van der Waals surface area contributed by atoms with Crippen LogP contribution < -0.4 is 0 Å². The van der Waals surface area contributed by atoms with Crippen LogP contribution in [0.15, 0.2) is 23.8 Å². The fourth-order valence-corrected chi connectivity index (χ4v) is 0.554. The van der Waals surface area contributed by atoms with E-state index in [1.54, 1.807) is 13.8 Å². The first-order valence-electron chi connectivity index (χ1n) is 3.63. The minimum Gasteiger partial charge on any atom is -0.346 e. The van der Waals surface area contributed by atoms with Gasteiger partial charge in [-0.05, 0) is 13.3 Å². The Labute approximate surface area is 86.0 Å². The Kier molecular flexibility index (Phi) is 26.2. The Morgan fingerprint density at radius 3 is 1.73 bits per heavy atom. The minimum absolute atomic E-state index is 0. The minimum atomic E-state index is 0. The molecule has 0 N–H and O–H groups in total. The molecule has 68 valence electrons. The SMILES string of the molecule is CC1=CC=CC1.[CH2-]C.[CH2-]C.[Pt+2]. The van der Waals surface area contributed by atoms with Gasteiger partial charge in [-0.25, -0.2) is 0 Å². The van der Waals surface area contributed by atoms with Crippen molar-refractivity contribution >= 4 is 0 Å². The molecule has 0 heterocycles. The maximum Gasteiger partial charge on any atom is 2.00 e. The smallest absolute Gasteiger partial charge is 0.346 e. The van der Waals surface area contributed by atoms with Crippen molar-refractivity contribution in [3.05, 3.63) is 37.6 Å².